The molecule has 2 rings (SSSR count). The van der Waals surface area contributed by atoms with Gasteiger partial charge in [-0.15, -0.1) is 5.10 Å². The number of hydrogen-bond acceptors (Lipinski definition) is 3. The maximum absolute atomic E-state index is 11.5. The summed E-state index contributed by atoms with van der Waals surface area (Å²) in [6.45, 7) is 1.84. The number of aryl methyl sites for hydroxylation is 1. The van der Waals surface area contributed by atoms with Crippen molar-refractivity contribution in [2.45, 2.75) is 6.92 Å². The fourth-order valence-electron chi connectivity index (χ4n) is 1.56. The van der Waals surface area contributed by atoms with Gasteiger partial charge >= 0.3 is 0 Å². The standard InChI is InChI=1S/C12H12ClN3O/c1-8-7-11(17)12(14-2)15-16(8)10-5-3-9(13)4-6-10/h3-7H,1-2H3,(H,14,15). The van der Waals surface area contributed by atoms with E-state index in [1.165, 1.54) is 0 Å². The van der Waals surface area contributed by atoms with Crippen LogP contribution >= 0.6 is 11.6 Å². The molecule has 0 unspecified atom stereocenters. The summed E-state index contributed by atoms with van der Waals surface area (Å²) in [6.07, 6.45) is 0. The predicted molar refractivity (Wildman–Crippen MR) is 69.1 cm³/mol. The van der Waals surface area contributed by atoms with Gasteiger partial charge in [-0.05, 0) is 31.2 Å². The van der Waals surface area contributed by atoms with Crippen molar-refractivity contribution in [1.82, 2.24) is 9.78 Å². The molecule has 2 aromatic rings. The van der Waals surface area contributed by atoms with E-state index in [-0.39, 0.29) is 5.43 Å². The molecule has 1 N–H and O–H groups in total. The van der Waals surface area contributed by atoms with E-state index in [4.69, 9.17) is 11.6 Å². The summed E-state index contributed by atoms with van der Waals surface area (Å²) in [7, 11) is 1.67. The molecule has 0 spiro atoms. The largest absolute Gasteiger partial charge is 0.368 e. The quantitative estimate of drug-likeness (QED) is 0.888. The van der Waals surface area contributed by atoms with Gasteiger partial charge in [-0.25, -0.2) is 4.68 Å². The maximum Gasteiger partial charge on any atom is 0.224 e. The Morgan fingerprint density at radius 3 is 2.53 bits per heavy atom. The average Bonchev–Trinajstić information content (AvgIpc) is 2.31. The van der Waals surface area contributed by atoms with Crippen LogP contribution in [-0.2, 0) is 0 Å². The van der Waals surface area contributed by atoms with Gasteiger partial charge in [-0.3, -0.25) is 4.79 Å². The molecule has 0 saturated heterocycles. The van der Waals surface area contributed by atoms with Crippen LogP contribution in [0.3, 0.4) is 0 Å². The Morgan fingerprint density at radius 2 is 1.94 bits per heavy atom. The van der Waals surface area contributed by atoms with Crippen LogP contribution in [0.5, 0.6) is 0 Å². The van der Waals surface area contributed by atoms with Crippen molar-refractivity contribution in [3.05, 3.63) is 51.3 Å². The molecule has 0 aliphatic carbocycles. The molecule has 0 radical (unpaired) electrons. The third-order valence-corrected chi connectivity index (χ3v) is 2.67. The molecule has 88 valence electrons. The molecular formula is C12H12ClN3O. The lowest BCUT2D eigenvalue weighted by Gasteiger charge is -2.10. The van der Waals surface area contributed by atoms with Crippen LogP contribution in [0, 0.1) is 6.92 Å². The van der Waals surface area contributed by atoms with Crippen molar-refractivity contribution in [3.63, 3.8) is 0 Å². The topological polar surface area (TPSA) is 46.9 Å². The summed E-state index contributed by atoms with van der Waals surface area (Å²) in [5, 5.41) is 7.68. The van der Waals surface area contributed by atoms with Gasteiger partial charge in [0.25, 0.3) is 0 Å². The van der Waals surface area contributed by atoms with Gasteiger partial charge in [0.15, 0.2) is 5.82 Å². The lowest BCUT2D eigenvalue weighted by molar-refractivity contribution is 0.804. The van der Waals surface area contributed by atoms with Crippen molar-refractivity contribution in [2.75, 3.05) is 12.4 Å². The first-order valence-corrected chi connectivity index (χ1v) is 5.54. The number of hydrogen-bond donors (Lipinski definition) is 1. The lowest BCUT2D eigenvalue weighted by Crippen LogP contribution is -2.17. The second kappa shape index (κ2) is 4.59. The molecule has 17 heavy (non-hydrogen) atoms. The van der Waals surface area contributed by atoms with E-state index < -0.39 is 0 Å². The zero-order valence-corrected chi connectivity index (χ0v) is 10.3. The van der Waals surface area contributed by atoms with Gasteiger partial charge < -0.3 is 5.32 Å². The van der Waals surface area contributed by atoms with Crippen LogP contribution in [0.15, 0.2) is 35.1 Å². The molecule has 5 heteroatoms. The Balaban J connectivity index is 2.59. The van der Waals surface area contributed by atoms with E-state index in [1.54, 1.807) is 29.9 Å². The van der Waals surface area contributed by atoms with Crippen LogP contribution in [0.2, 0.25) is 5.02 Å². The molecule has 1 heterocycles. The zero-order valence-electron chi connectivity index (χ0n) is 9.57. The van der Waals surface area contributed by atoms with Crippen molar-refractivity contribution in [3.8, 4) is 5.69 Å². The summed E-state index contributed by atoms with van der Waals surface area (Å²) in [6, 6.07) is 8.83. The highest BCUT2D eigenvalue weighted by molar-refractivity contribution is 6.30. The first kappa shape index (κ1) is 11.7. The lowest BCUT2D eigenvalue weighted by atomic mass is 10.3. The third-order valence-electron chi connectivity index (χ3n) is 2.42. The van der Waals surface area contributed by atoms with E-state index in [1.807, 2.05) is 19.1 Å². The summed E-state index contributed by atoms with van der Waals surface area (Å²) in [5.41, 5.74) is 1.52. The first-order chi connectivity index (χ1) is 8.11. The monoisotopic (exact) mass is 249 g/mol. The summed E-state index contributed by atoms with van der Waals surface area (Å²) < 4.78 is 1.70. The van der Waals surface area contributed by atoms with E-state index >= 15 is 0 Å². The summed E-state index contributed by atoms with van der Waals surface area (Å²) in [5.74, 6) is 0.325. The Bertz CT molecular complexity index is 590. The smallest absolute Gasteiger partial charge is 0.224 e. The van der Waals surface area contributed by atoms with Gasteiger partial charge in [0.05, 0.1) is 5.69 Å². The van der Waals surface area contributed by atoms with Crippen molar-refractivity contribution >= 4 is 17.4 Å². The second-order valence-electron chi connectivity index (χ2n) is 3.64. The number of benzene rings is 1. The summed E-state index contributed by atoms with van der Waals surface area (Å²) in [4.78, 5) is 11.5. The highest BCUT2D eigenvalue weighted by Gasteiger charge is 2.05. The molecular weight excluding hydrogens is 238 g/mol. The predicted octanol–water partition coefficient (Wildman–Crippen LogP) is 2.24. The molecule has 0 aliphatic heterocycles. The van der Waals surface area contributed by atoms with Gasteiger partial charge in [-0.1, -0.05) is 11.6 Å². The molecule has 0 atom stereocenters. The number of rotatable bonds is 2. The summed E-state index contributed by atoms with van der Waals surface area (Å²) >= 11 is 5.83. The number of nitrogens with zero attached hydrogens (tertiary/aromatic N) is 2. The normalized spacial score (nSPS) is 10.3. The van der Waals surface area contributed by atoms with Crippen LogP contribution < -0.4 is 10.7 Å². The van der Waals surface area contributed by atoms with Gasteiger partial charge in [-0.2, -0.15) is 0 Å². The van der Waals surface area contributed by atoms with Crippen LogP contribution in [0.1, 0.15) is 5.69 Å². The maximum atomic E-state index is 11.5. The number of aromatic nitrogens is 2. The minimum Gasteiger partial charge on any atom is -0.368 e. The van der Waals surface area contributed by atoms with Crippen molar-refractivity contribution < 1.29 is 0 Å². The van der Waals surface area contributed by atoms with Crippen LogP contribution in [-0.4, -0.2) is 16.8 Å². The van der Waals surface area contributed by atoms with E-state index in [2.05, 4.69) is 10.4 Å². The average molecular weight is 250 g/mol. The molecule has 0 aliphatic rings. The van der Waals surface area contributed by atoms with Crippen molar-refractivity contribution in [2.24, 2.45) is 0 Å². The molecule has 1 aromatic heterocycles. The number of anilines is 1. The van der Waals surface area contributed by atoms with E-state index in [9.17, 15) is 4.79 Å². The molecule has 0 bridgehead atoms. The Labute approximate surface area is 104 Å². The van der Waals surface area contributed by atoms with Crippen LogP contribution in [0.4, 0.5) is 5.82 Å². The second-order valence-corrected chi connectivity index (χ2v) is 4.07. The Kier molecular flexibility index (Phi) is 3.15. The first-order valence-electron chi connectivity index (χ1n) is 5.16. The highest BCUT2D eigenvalue weighted by Crippen LogP contribution is 2.14. The van der Waals surface area contributed by atoms with Crippen LogP contribution in [0.25, 0.3) is 5.69 Å². The fourth-order valence-corrected chi connectivity index (χ4v) is 1.69. The molecule has 0 amide bonds. The minimum absolute atomic E-state index is 0.116. The molecule has 4 nitrogen and oxygen atoms in total. The zero-order chi connectivity index (χ0) is 12.4. The Morgan fingerprint density at radius 1 is 1.29 bits per heavy atom. The highest BCUT2D eigenvalue weighted by atomic mass is 35.5. The number of halogens is 1. The molecule has 0 saturated carbocycles. The third kappa shape index (κ3) is 2.31. The van der Waals surface area contributed by atoms with Gasteiger partial charge in [0, 0.05) is 23.8 Å². The Hall–Kier alpha value is -1.81. The van der Waals surface area contributed by atoms with Gasteiger partial charge in [0.2, 0.25) is 5.43 Å². The SMILES string of the molecule is CNc1nn(-c2ccc(Cl)cc2)c(C)cc1=O. The van der Waals surface area contributed by atoms with E-state index in [0.29, 0.717) is 10.8 Å². The minimum atomic E-state index is -0.116. The molecule has 0 fully saturated rings. The van der Waals surface area contributed by atoms with Crippen molar-refractivity contribution in [1.29, 1.82) is 0 Å². The van der Waals surface area contributed by atoms with E-state index in [0.717, 1.165) is 11.4 Å². The molecule has 1 aromatic carbocycles. The fraction of sp³-hybridized carbons (Fsp3) is 0.167. The van der Waals surface area contributed by atoms with Gasteiger partial charge in [0.1, 0.15) is 0 Å². The number of nitrogens with one attached hydrogen (secondary N) is 1.